The molecule has 104 valence electrons. The number of fused-ring (bicyclic) bond motifs is 1. The topological polar surface area (TPSA) is 32.3 Å². The van der Waals surface area contributed by atoms with Crippen LogP contribution in [-0.2, 0) is 6.42 Å². The van der Waals surface area contributed by atoms with Crippen LogP contribution in [0.5, 0.6) is 5.75 Å². The van der Waals surface area contributed by atoms with Gasteiger partial charge in [-0.1, -0.05) is 38.3 Å². The fourth-order valence-electron chi connectivity index (χ4n) is 3.91. The van der Waals surface area contributed by atoms with E-state index in [1.54, 1.807) is 0 Å². The molecule has 2 nitrogen and oxygen atoms in total. The van der Waals surface area contributed by atoms with Gasteiger partial charge in [0.1, 0.15) is 5.75 Å². The van der Waals surface area contributed by atoms with Crippen LogP contribution in [0.25, 0.3) is 0 Å². The van der Waals surface area contributed by atoms with E-state index in [1.807, 2.05) is 12.1 Å². The number of aromatic hydroxyl groups is 1. The van der Waals surface area contributed by atoms with Crippen molar-refractivity contribution in [3.05, 3.63) is 29.3 Å². The van der Waals surface area contributed by atoms with Gasteiger partial charge < -0.3 is 10.4 Å². The molecule has 1 saturated carbocycles. The van der Waals surface area contributed by atoms with Gasteiger partial charge in [0.2, 0.25) is 0 Å². The maximum Gasteiger partial charge on any atom is 0.119 e. The van der Waals surface area contributed by atoms with Gasteiger partial charge in [0.15, 0.2) is 0 Å². The van der Waals surface area contributed by atoms with Crippen LogP contribution in [0.2, 0.25) is 0 Å². The van der Waals surface area contributed by atoms with E-state index in [2.05, 4.69) is 18.3 Å². The van der Waals surface area contributed by atoms with Crippen molar-refractivity contribution in [2.24, 2.45) is 5.92 Å². The van der Waals surface area contributed by atoms with Gasteiger partial charge in [0.05, 0.1) is 0 Å². The molecule has 0 aliphatic heterocycles. The summed E-state index contributed by atoms with van der Waals surface area (Å²) in [6.07, 6.45) is 8.92. The van der Waals surface area contributed by atoms with Crippen molar-refractivity contribution < 1.29 is 5.11 Å². The zero-order chi connectivity index (χ0) is 13.2. The maximum atomic E-state index is 9.91. The molecule has 0 heterocycles. The molecular weight excluding hydrogens is 234 g/mol. The molecule has 0 bridgehead atoms. The molecule has 0 saturated heterocycles. The number of phenols is 1. The highest BCUT2D eigenvalue weighted by Gasteiger charge is 2.28. The minimum absolute atomic E-state index is 0.461. The fourth-order valence-corrected chi connectivity index (χ4v) is 3.91. The predicted octanol–water partition coefficient (Wildman–Crippen LogP) is 3.94. The summed E-state index contributed by atoms with van der Waals surface area (Å²) in [5.41, 5.74) is 2.50. The van der Waals surface area contributed by atoms with E-state index in [4.69, 9.17) is 0 Å². The number of rotatable bonds is 3. The Morgan fingerprint density at radius 3 is 3.00 bits per heavy atom. The summed E-state index contributed by atoms with van der Waals surface area (Å²) in [7, 11) is 0. The van der Waals surface area contributed by atoms with Crippen LogP contribution in [0.1, 0.15) is 62.6 Å². The summed E-state index contributed by atoms with van der Waals surface area (Å²) >= 11 is 0. The third kappa shape index (κ3) is 2.64. The molecule has 1 aromatic rings. The molecule has 2 aliphatic carbocycles. The van der Waals surface area contributed by atoms with Gasteiger partial charge >= 0.3 is 0 Å². The van der Waals surface area contributed by atoms with E-state index < -0.39 is 0 Å². The Bertz CT molecular complexity index is 443. The Morgan fingerprint density at radius 2 is 2.16 bits per heavy atom. The van der Waals surface area contributed by atoms with E-state index in [1.165, 1.54) is 43.2 Å². The molecule has 2 aliphatic rings. The van der Waals surface area contributed by atoms with Gasteiger partial charge in [-0.25, -0.2) is 0 Å². The molecule has 3 rings (SSSR count). The number of nitrogens with one attached hydrogen (secondary N) is 1. The van der Waals surface area contributed by atoms with E-state index >= 15 is 0 Å². The van der Waals surface area contributed by atoms with Crippen molar-refractivity contribution in [3.8, 4) is 5.75 Å². The summed E-state index contributed by atoms with van der Waals surface area (Å²) in [6, 6.07) is 7.11. The quantitative estimate of drug-likeness (QED) is 0.861. The molecule has 0 spiro atoms. The SMILES string of the molecule is CCC1CCCC(NC2CCc3c(O)cccc32)C1. The molecule has 3 atom stereocenters. The number of phenolic OH excluding ortho intramolecular Hbond substituents is 1. The van der Waals surface area contributed by atoms with Gasteiger partial charge in [-0.3, -0.25) is 0 Å². The van der Waals surface area contributed by atoms with Crippen molar-refractivity contribution in [2.45, 2.75) is 64.0 Å². The second kappa shape index (κ2) is 5.54. The second-order valence-corrected chi connectivity index (χ2v) is 6.24. The lowest BCUT2D eigenvalue weighted by Gasteiger charge is -2.31. The van der Waals surface area contributed by atoms with Gasteiger partial charge in [0.25, 0.3) is 0 Å². The van der Waals surface area contributed by atoms with Crippen molar-refractivity contribution in [1.82, 2.24) is 5.32 Å². The average molecular weight is 259 g/mol. The number of hydrogen-bond acceptors (Lipinski definition) is 2. The van der Waals surface area contributed by atoms with Crippen LogP contribution in [0.4, 0.5) is 0 Å². The van der Waals surface area contributed by atoms with E-state index in [-0.39, 0.29) is 0 Å². The Balaban J connectivity index is 1.68. The minimum Gasteiger partial charge on any atom is -0.508 e. The molecule has 1 aromatic carbocycles. The predicted molar refractivity (Wildman–Crippen MR) is 78.3 cm³/mol. The highest BCUT2D eigenvalue weighted by molar-refractivity contribution is 5.44. The van der Waals surface area contributed by atoms with Crippen LogP contribution in [0.15, 0.2) is 18.2 Å². The lowest BCUT2D eigenvalue weighted by atomic mass is 9.84. The highest BCUT2D eigenvalue weighted by atomic mass is 16.3. The van der Waals surface area contributed by atoms with Gasteiger partial charge in [-0.2, -0.15) is 0 Å². The van der Waals surface area contributed by atoms with Crippen LogP contribution in [-0.4, -0.2) is 11.1 Å². The van der Waals surface area contributed by atoms with Crippen LogP contribution >= 0.6 is 0 Å². The molecule has 3 unspecified atom stereocenters. The zero-order valence-electron chi connectivity index (χ0n) is 11.9. The minimum atomic E-state index is 0.461. The van der Waals surface area contributed by atoms with Gasteiger partial charge in [-0.15, -0.1) is 0 Å². The lowest BCUT2D eigenvalue weighted by Crippen LogP contribution is -2.36. The third-order valence-corrected chi connectivity index (χ3v) is 5.04. The van der Waals surface area contributed by atoms with Gasteiger partial charge in [-0.05, 0) is 48.8 Å². The standard InChI is InChI=1S/C17H25NO/c1-2-12-5-3-6-13(11-12)18-16-10-9-15-14(16)7-4-8-17(15)19/h4,7-8,12-13,16,18-19H,2-3,5-6,9-11H2,1H3. The van der Waals surface area contributed by atoms with Crippen molar-refractivity contribution in [3.63, 3.8) is 0 Å². The summed E-state index contributed by atoms with van der Waals surface area (Å²) in [4.78, 5) is 0. The number of benzene rings is 1. The van der Waals surface area contributed by atoms with Crippen molar-refractivity contribution >= 4 is 0 Å². The van der Waals surface area contributed by atoms with E-state index in [0.717, 1.165) is 18.8 Å². The van der Waals surface area contributed by atoms with Crippen LogP contribution in [0, 0.1) is 5.92 Å². The van der Waals surface area contributed by atoms with Crippen molar-refractivity contribution in [1.29, 1.82) is 0 Å². The first kappa shape index (κ1) is 13.0. The molecule has 0 aromatic heterocycles. The molecular formula is C17H25NO. The van der Waals surface area contributed by atoms with Crippen molar-refractivity contribution in [2.75, 3.05) is 0 Å². The molecule has 19 heavy (non-hydrogen) atoms. The largest absolute Gasteiger partial charge is 0.508 e. The Morgan fingerprint density at radius 1 is 1.26 bits per heavy atom. The first-order valence-corrected chi connectivity index (χ1v) is 7.84. The zero-order valence-corrected chi connectivity index (χ0v) is 11.9. The summed E-state index contributed by atoms with van der Waals surface area (Å²) in [5.74, 6) is 1.40. The first-order chi connectivity index (χ1) is 9.28. The smallest absolute Gasteiger partial charge is 0.119 e. The first-order valence-electron chi connectivity index (χ1n) is 7.84. The molecule has 2 heteroatoms. The fraction of sp³-hybridized carbons (Fsp3) is 0.647. The molecule has 1 fully saturated rings. The molecule has 2 N–H and O–H groups in total. The summed E-state index contributed by atoms with van der Waals surface area (Å²) in [5, 5.41) is 13.8. The van der Waals surface area contributed by atoms with E-state index in [0.29, 0.717) is 17.8 Å². The Hall–Kier alpha value is -1.02. The monoisotopic (exact) mass is 259 g/mol. The summed E-state index contributed by atoms with van der Waals surface area (Å²) < 4.78 is 0. The average Bonchev–Trinajstić information content (AvgIpc) is 2.84. The second-order valence-electron chi connectivity index (χ2n) is 6.24. The Labute approximate surface area is 116 Å². The number of hydrogen-bond donors (Lipinski definition) is 2. The Kier molecular flexibility index (Phi) is 3.79. The molecule has 0 radical (unpaired) electrons. The summed E-state index contributed by atoms with van der Waals surface area (Å²) in [6.45, 7) is 2.32. The van der Waals surface area contributed by atoms with Gasteiger partial charge in [0, 0.05) is 12.1 Å². The van der Waals surface area contributed by atoms with Crippen LogP contribution < -0.4 is 5.32 Å². The van der Waals surface area contributed by atoms with Crippen LogP contribution in [0.3, 0.4) is 0 Å². The maximum absolute atomic E-state index is 9.91. The van der Waals surface area contributed by atoms with E-state index in [9.17, 15) is 5.11 Å². The lowest BCUT2D eigenvalue weighted by molar-refractivity contribution is 0.261. The third-order valence-electron chi connectivity index (χ3n) is 5.04. The highest BCUT2D eigenvalue weighted by Crippen LogP contribution is 2.37. The normalized spacial score (nSPS) is 30.3. The molecule has 0 amide bonds.